The molecule has 0 N–H and O–H groups in total. The molecule has 16 heavy (non-hydrogen) atoms. The van der Waals surface area contributed by atoms with Crippen molar-refractivity contribution in [2.75, 3.05) is 0 Å². The first-order valence-electron chi connectivity index (χ1n) is 3.66. The maximum Gasteiger partial charge on any atom is 0.485 e. The molecule has 5 nitrogen and oxygen atoms in total. The SMILES string of the molecule is Cn1c(Br)cc[n+]1C.O=S(=O)([O-])C(F)(F)F. The Bertz CT molecular complexity index is 435. The second kappa shape index (κ2) is 5.15. The molecule has 0 aliphatic heterocycles. The molecule has 1 aromatic heterocycles. The summed E-state index contributed by atoms with van der Waals surface area (Å²) in [6.07, 6.45) is 1.99. The van der Waals surface area contributed by atoms with Gasteiger partial charge in [0.2, 0.25) is 0 Å². The summed E-state index contributed by atoms with van der Waals surface area (Å²) in [5.74, 6) is 0. The average molecular weight is 325 g/mol. The van der Waals surface area contributed by atoms with Crippen LogP contribution in [0.2, 0.25) is 0 Å². The Labute approximate surface area is 98.3 Å². The fourth-order valence-corrected chi connectivity index (χ4v) is 0.896. The first kappa shape index (κ1) is 15.4. The van der Waals surface area contributed by atoms with Crippen molar-refractivity contribution in [1.29, 1.82) is 0 Å². The molecule has 0 radical (unpaired) electrons. The van der Waals surface area contributed by atoms with Crippen molar-refractivity contribution in [2.45, 2.75) is 5.51 Å². The molecule has 0 aromatic carbocycles. The van der Waals surface area contributed by atoms with Crippen LogP contribution in [0.3, 0.4) is 0 Å². The third-order valence-electron chi connectivity index (χ3n) is 1.49. The van der Waals surface area contributed by atoms with Gasteiger partial charge in [-0.15, -0.1) is 9.36 Å². The zero-order chi connectivity index (χ0) is 13.1. The van der Waals surface area contributed by atoms with E-state index in [9.17, 15) is 13.2 Å². The number of aromatic nitrogens is 2. The molecule has 1 rings (SSSR count). The van der Waals surface area contributed by atoms with E-state index in [-0.39, 0.29) is 0 Å². The van der Waals surface area contributed by atoms with Crippen LogP contribution < -0.4 is 4.68 Å². The highest BCUT2D eigenvalue weighted by Gasteiger charge is 2.36. The lowest BCUT2D eigenvalue weighted by Crippen LogP contribution is -2.36. The Morgan fingerprint density at radius 1 is 1.50 bits per heavy atom. The van der Waals surface area contributed by atoms with Crippen molar-refractivity contribution in [1.82, 2.24) is 4.68 Å². The third-order valence-corrected chi connectivity index (χ3v) is 2.84. The number of hydrogen-bond donors (Lipinski definition) is 0. The van der Waals surface area contributed by atoms with E-state index < -0.39 is 15.6 Å². The minimum absolute atomic E-state index is 1.10. The molecule has 1 aromatic rings. The Hall–Kier alpha value is -0.610. The second-order valence-corrected chi connectivity index (χ2v) is 4.82. The Balaban J connectivity index is 0.000000281. The van der Waals surface area contributed by atoms with Gasteiger partial charge in [-0.3, -0.25) is 0 Å². The average Bonchev–Trinajstić information content (AvgIpc) is 2.34. The Morgan fingerprint density at radius 3 is 1.94 bits per heavy atom. The lowest BCUT2D eigenvalue weighted by molar-refractivity contribution is -0.752. The van der Waals surface area contributed by atoms with Gasteiger partial charge >= 0.3 is 5.51 Å². The van der Waals surface area contributed by atoms with Gasteiger partial charge in [0.1, 0.15) is 4.60 Å². The van der Waals surface area contributed by atoms with Crippen LogP contribution in [-0.4, -0.2) is 23.2 Å². The zero-order valence-corrected chi connectivity index (χ0v) is 10.6. The smallest absolute Gasteiger partial charge is 0.485 e. The highest BCUT2D eigenvalue weighted by Crippen LogP contribution is 2.20. The van der Waals surface area contributed by atoms with Crippen molar-refractivity contribution in [3.8, 4) is 0 Å². The topological polar surface area (TPSA) is 66.0 Å². The van der Waals surface area contributed by atoms with E-state index in [4.69, 9.17) is 13.0 Å². The van der Waals surface area contributed by atoms with E-state index in [0.29, 0.717) is 0 Å². The lowest BCUT2D eigenvalue weighted by atomic mass is 10.7. The maximum atomic E-state index is 10.7. The first-order valence-corrected chi connectivity index (χ1v) is 5.86. The summed E-state index contributed by atoms with van der Waals surface area (Å²) >= 11 is 3.36. The molecule has 94 valence electrons. The van der Waals surface area contributed by atoms with Gasteiger partial charge in [0.25, 0.3) is 0 Å². The van der Waals surface area contributed by atoms with Crippen LogP contribution in [0.4, 0.5) is 13.2 Å². The summed E-state index contributed by atoms with van der Waals surface area (Å²) in [6.45, 7) is 0. The summed E-state index contributed by atoms with van der Waals surface area (Å²) < 4.78 is 64.0. The fourth-order valence-electron chi connectivity index (χ4n) is 0.528. The molecule has 0 saturated heterocycles. The summed E-state index contributed by atoms with van der Waals surface area (Å²) in [5, 5.41) is 0. The maximum absolute atomic E-state index is 10.7. The van der Waals surface area contributed by atoms with Crippen LogP contribution in [0.5, 0.6) is 0 Å². The molecular formula is C6H8BrF3N2O3S. The van der Waals surface area contributed by atoms with Gasteiger partial charge in [-0.05, 0) is 15.9 Å². The van der Waals surface area contributed by atoms with Crippen molar-refractivity contribution in [2.24, 2.45) is 14.1 Å². The van der Waals surface area contributed by atoms with E-state index in [2.05, 4.69) is 15.9 Å². The van der Waals surface area contributed by atoms with Crippen LogP contribution in [0.1, 0.15) is 0 Å². The van der Waals surface area contributed by atoms with Crippen molar-refractivity contribution in [3.63, 3.8) is 0 Å². The monoisotopic (exact) mass is 324 g/mol. The first-order chi connectivity index (χ1) is 6.97. The fraction of sp³-hybridized carbons (Fsp3) is 0.500. The molecule has 0 aliphatic rings. The normalized spacial score (nSPS) is 11.9. The number of nitrogens with zero attached hydrogens (tertiary/aromatic N) is 2. The van der Waals surface area contributed by atoms with E-state index in [1.807, 2.05) is 35.7 Å². The van der Waals surface area contributed by atoms with Gasteiger partial charge in [-0.1, -0.05) is 0 Å². The predicted octanol–water partition coefficient (Wildman–Crippen LogP) is 0.664. The van der Waals surface area contributed by atoms with Crippen molar-refractivity contribution >= 4 is 26.0 Å². The van der Waals surface area contributed by atoms with Crippen molar-refractivity contribution in [3.05, 3.63) is 16.9 Å². The van der Waals surface area contributed by atoms with Crippen LogP contribution in [0.25, 0.3) is 0 Å². The quantitative estimate of drug-likeness (QED) is 0.400. The zero-order valence-electron chi connectivity index (χ0n) is 8.19. The molecule has 10 heteroatoms. The standard InChI is InChI=1S/C5H8BrN2.CHF3O3S/c1-7-4-3-5(6)8(7)2;2-1(3,4)8(5,6)7/h3-4H,1-2H3;(H,5,6,7)/q+1;/p-1. The number of hydrogen-bond acceptors (Lipinski definition) is 3. The van der Waals surface area contributed by atoms with Gasteiger partial charge in [-0.2, -0.15) is 13.2 Å². The van der Waals surface area contributed by atoms with Crippen LogP contribution in [0.15, 0.2) is 16.9 Å². The second-order valence-electron chi connectivity index (χ2n) is 2.64. The van der Waals surface area contributed by atoms with E-state index in [1.165, 1.54) is 0 Å². The minimum atomic E-state index is -6.09. The highest BCUT2D eigenvalue weighted by atomic mass is 79.9. The van der Waals surface area contributed by atoms with E-state index in [1.54, 1.807) is 0 Å². The molecule has 0 fully saturated rings. The summed E-state index contributed by atoms with van der Waals surface area (Å²) in [7, 11) is -2.11. The van der Waals surface area contributed by atoms with Gasteiger partial charge in [0.05, 0.1) is 7.05 Å². The molecule has 0 spiro atoms. The largest absolute Gasteiger partial charge is 0.741 e. The number of rotatable bonds is 0. The molecule has 0 atom stereocenters. The molecule has 0 saturated carbocycles. The molecular weight excluding hydrogens is 317 g/mol. The lowest BCUT2D eigenvalue weighted by Gasteiger charge is -2.08. The Kier molecular flexibility index (Phi) is 4.95. The van der Waals surface area contributed by atoms with Crippen LogP contribution in [-0.2, 0) is 24.2 Å². The van der Waals surface area contributed by atoms with Gasteiger partial charge < -0.3 is 4.55 Å². The third kappa shape index (κ3) is 4.49. The molecule has 0 amide bonds. The van der Waals surface area contributed by atoms with Crippen LogP contribution >= 0.6 is 15.9 Å². The summed E-state index contributed by atoms with van der Waals surface area (Å²) in [6, 6.07) is 2.00. The molecule has 0 aliphatic carbocycles. The number of alkyl halides is 3. The summed E-state index contributed by atoms with van der Waals surface area (Å²) in [5.41, 5.74) is -5.65. The number of aryl methyl sites for hydroxylation is 1. The van der Waals surface area contributed by atoms with Gasteiger partial charge in [0.15, 0.2) is 23.4 Å². The molecule has 1 heterocycles. The van der Waals surface area contributed by atoms with E-state index >= 15 is 0 Å². The van der Waals surface area contributed by atoms with Crippen molar-refractivity contribution < 1.29 is 30.8 Å². The Morgan fingerprint density at radius 2 is 1.88 bits per heavy atom. The highest BCUT2D eigenvalue weighted by molar-refractivity contribution is 9.10. The van der Waals surface area contributed by atoms with Gasteiger partial charge in [-0.25, -0.2) is 8.42 Å². The predicted molar refractivity (Wildman–Crippen MR) is 50.0 cm³/mol. The molecule has 0 bridgehead atoms. The number of halogens is 4. The van der Waals surface area contributed by atoms with Crippen LogP contribution in [0, 0.1) is 0 Å². The van der Waals surface area contributed by atoms with E-state index in [0.717, 1.165) is 4.60 Å². The van der Waals surface area contributed by atoms with Gasteiger partial charge in [0, 0.05) is 6.07 Å². The summed E-state index contributed by atoms with van der Waals surface area (Å²) in [4.78, 5) is 0. The minimum Gasteiger partial charge on any atom is -0.741 e. The molecule has 0 unspecified atom stereocenters.